The van der Waals surface area contributed by atoms with Crippen LogP contribution in [0.4, 0.5) is 24.0 Å². The first-order chi connectivity index (χ1) is 21.6. The van der Waals surface area contributed by atoms with E-state index in [-0.39, 0.29) is 78.9 Å². The number of nitrogens with two attached hydrogens (primary N) is 1. The maximum atomic E-state index is 17.1. The van der Waals surface area contributed by atoms with Crippen molar-refractivity contribution in [3.05, 3.63) is 34.4 Å². The molecule has 3 aliphatic heterocycles. The van der Waals surface area contributed by atoms with Crippen molar-refractivity contribution in [2.24, 2.45) is 0 Å². The van der Waals surface area contributed by atoms with Crippen molar-refractivity contribution in [1.29, 1.82) is 5.26 Å². The van der Waals surface area contributed by atoms with E-state index in [2.05, 4.69) is 14.8 Å². The Bertz CT molecular complexity index is 1950. The number of hydrogen-bond acceptors (Lipinski definition) is 9. The standard InChI is InChI=1S/C32H30ClF3N6O2S/c1-14-15(2)44-27-23-26(25(36)22(24(27)33)18-6-7-20(35)28-21(18)19(11-37)29(38)45-28)39-31(40-30(23)42(14)17-4-5-17)43-13-32-8-3-9-41(32)12-16(34)10-32/h6-7,14-17H,3-5,8-10,12-13,38H2,1-2H3/t14?,15?,16-,32+/m1/s1. The molecular formula is C32H30ClF3N6O2S. The van der Waals surface area contributed by atoms with Crippen LogP contribution in [0.1, 0.15) is 51.5 Å². The number of nitrogens with zero attached hydrogens (tertiary/aromatic N) is 5. The van der Waals surface area contributed by atoms with Crippen molar-refractivity contribution in [2.45, 2.75) is 75.8 Å². The molecule has 2 N–H and O–H groups in total. The van der Waals surface area contributed by atoms with E-state index in [0.717, 1.165) is 43.6 Å². The second-order valence-corrected chi connectivity index (χ2v) is 14.1. The molecule has 0 bridgehead atoms. The van der Waals surface area contributed by atoms with Crippen LogP contribution < -0.4 is 20.1 Å². The van der Waals surface area contributed by atoms with Crippen LogP contribution in [-0.4, -0.2) is 64.5 Å². The Morgan fingerprint density at radius 3 is 2.80 bits per heavy atom. The van der Waals surface area contributed by atoms with Gasteiger partial charge in [-0.1, -0.05) is 17.7 Å². The van der Waals surface area contributed by atoms with E-state index in [9.17, 15) is 14.0 Å². The van der Waals surface area contributed by atoms with Crippen LogP contribution in [-0.2, 0) is 0 Å². The van der Waals surface area contributed by atoms with Gasteiger partial charge < -0.3 is 20.1 Å². The van der Waals surface area contributed by atoms with E-state index in [0.29, 0.717) is 24.2 Å². The van der Waals surface area contributed by atoms with Gasteiger partial charge in [0.15, 0.2) is 11.6 Å². The minimum atomic E-state index is -0.928. The summed E-state index contributed by atoms with van der Waals surface area (Å²) in [5.74, 6) is -0.679. The van der Waals surface area contributed by atoms with Gasteiger partial charge in [0.05, 0.1) is 32.3 Å². The maximum absolute atomic E-state index is 17.1. The average Bonchev–Trinajstić information content (AvgIpc) is 3.59. The fourth-order valence-electron chi connectivity index (χ4n) is 7.55. The number of fused-ring (bicyclic) bond motifs is 2. The molecule has 8 nitrogen and oxygen atoms in total. The lowest BCUT2D eigenvalue weighted by Crippen LogP contribution is -2.44. The number of nitrogen functional groups attached to an aromatic ring is 1. The molecular weight excluding hydrogens is 625 g/mol. The lowest BCUT2D eigenvalue weighted by Gasteiger charge is -2.32. The molecule has 3 fully saturated rings. The zero-order valence-corrected chi connectivity index (χ0v) is 26.2. The molecule has 2 aromatic carbocycles. The molecule has 4 atom stereocenters. The van der Waals surface area contributed by atoms with Gasteiger partial charge in [0, 0.05) is 30.0 Å². The second kappa shape index (κ2) is 10.2. The Kier molecular flexibility index (Phi) is 6.58. The number of anilines is 2. The molecule has 1 saturated carbocycles. The number of aromatic nitrogens is 2. The molecule has 0 amide bonds. The third-order valence-corrected chi connectivity index (χ3v) is 11.4. The van der Waals surface area contributed by atoms with Gasteiger partial charge in [-0.2, -0.15) is 15.2 Å². The van der Waals surface area contributed by atoms with Gasteiger partial charge in [0.25, 0.3) is 0 Å². The predicted molar refractivity (Wildman–Crippen MR) is 168 cm³/mol. The normalized spacial score (nSPS) is 26.2. The Labute approximate surface area is 266 Å². The number of hydrogen-bond donors (Lipinski definition) is 1. The van der Waals surface area contributed by atoms with Crippen LogP contribution in [0.5, 0.6) is 11.8 Å². The molecule has 2 saturated heterocycles. The maximum Gasteiger partial charge on any atom is 0.319 e. The first-order valence-electron chi connectivity index (χ1n) is 15.2. The zero-order valence-electron chi connectivity index (χ0n) is 24.7. The van der Waals surface area contributed by atoms with Crippen molar-refractivity contribution < 1.29 is 22.6 Å². The Morgan fingerprint density at radius 2 is 2.04 bits per heavy atom. The van der Waals surface area contributed by atoms with Crippen molar-refractivity contribution >= 4 is 54.7 Å². The van der Waals surface area contributed by atoms with Crippen molar-refractivity contribution in [2.75, 3.05) is 30.3 Å². The summed E-state index contributed by atoms with van der Waals surface area (Å²) >= 11 is 7.97. The highest BCUT2D eigenvalue weighted by atomic mass is 35.5. The second-order valence-electron chi connectivity index (χ2n) is 12.7. The third kappa shape index (κ3) is 4.27. The minimum Gasteiger partial charge on any atom is -0.486 e. The number of rotatable bonds is 5. The van der Waals surface area contributed by atoms with E-state index < -0.39 is 23.3 Å². The van der Waals surface area contributed by atoms with Crippen LogP contribution in [0.25, 0.3) is 32.1 Å². The zero-order chi connectivity index (χ0) is 31.4. The molecule has 234 valence electrons. The van der Waals surface area contributed by atoms with Crippen LogP contribution in [0, 0.1) is 23.0 Å². The Balaban J connectivity index is 1.37. The smallest absolute Gasteiger partial charge is 0.319 e. The summed E-state index contributed by atoms with van der Waals surface area (Å²) < 4.78 is 59.4. The molecule has 4 aliphatic rings. The largest absolute Gasteiger partial charge is 0.486 e. The van der Waals surface area contributed by atoms with E-state index in [1.807, 2.05) is 19.9 Å². The van der Waals surface area contributed by atoms with Gasteiger partial charge in [0.2, 0.25) is 0 Å². The molecule has 0 radical (unpaired) electrons. The SMILES string of the molecule is CC1Oc2c(Cl)c(-c3ccc(F)c4sc(N)c(C#N)c34)c(F)c3nc(OC[C@@]45CCCN4C[C@H](F)C5)nc(c23)N(C2CC2)C1C. The molecule has 2 aromatic heterocycles. The Hall–Kier alpha value is -3.53. The highest BCUT2D eigenvalue weighted by molar-refractivity contribution is 7.23. The minimum absolute atomic E-state index is 0.0201. The summed E-state index contributed by atoms with van der Waals surface area (Å²) in [4.78, 5) is 13.7. The monoisotopic (exact) mass is 654 g/mol. The van der Waals surface area contributed by atoms with Gasteiger partial charge in [0.1, 0.15) is 47.1 Å². The number of benzene rings is 2. The number of nitriles is 1. The molecule has 45 heavy (non-hydrogen) atoms. The molecule has 8 rings (SSSR count). The van der Waals surface area contributed by atoms with Crippen LogP contribution in [0.2, 0.25) is 5.02 Å². The fraction of sp³-hybridized carbons (Fsp3) is 0.469. The number of ether oxygens (including phenoxy) is 2. The lowest BCUT2D eigenvalue weighted by atomic mass is 9.95. The summed E-state index contributed by atoms with van der Waals surface area (Å²) in [6.07, 6.45) is 2.72. The van der Waals surface area contributed by atoms with Crippen LogP contribution >= 0.6 is 22.9 Å². The van der Waals surface area contributed by atoms with Gasteiger partial charge in [-0.25, -0.2) is 13.2 Å². The van der Waals surface area contributed by atoms with E-state index in [1.165, 1.54) is 12.1 Å². The molecule has 13 heteroatoms. The fourth-order valence-corrected chi connectivity index (χ4v) is 8.82. The lowest BCUT2D eigenvalue weighted by molar-refractivity contribution is 0.107. The highest BCUT2D eigenvalue weighted by Crippen LogP contribution is 2.53. The number of halogens is 4. The predicted octanol–water partition coefficient (Wildman–Crippen LogP) is 6.99. The molecule has 4 aromatic rings. The summed E-state index contributed by atoms with van der Waals surface area (Å²) in [6, 6.07) is 4.66. The average molecular weight is 655 g/mol. The van der Waals surface area contributed by atoms with E-state index in [1.54, 1.807) is 0 Å². The molecule has 5 heterocycles. The van der Waals surface area contributed by atoms with Crippen molar-refractivity contribution in [3.8, 4) is 29.0 Å². The van der Waals surface area contributed by atoms with Gasteiger partial charge >= 0.3 is 6.01 Å². The van der Waals surface area contributed by atoms with E-state index in [4.69, 9.17) is 31.8 Å². The highest BCUT2D eigenvalue weighted by Gasteiger charge is 2.49. The summed E-state index contributed by atoms with van der Waals surface area (Å²) in [5, 5.41) is 10.5. The first-order valence-corrected chi connectivity index (χ1v) is 16.4. The number of thiophene rings is 1. The summed E-state index contributed by atoms with van der Waals surface area (Å²) in [7, 11) is 0. The van der Waals surface area contributed by atoms with Crippen LogP contribution in [0.3, 0.4) is 0 Å². The van der Waals surface area contributed by atoms with Gasteiger partial charge in [-0.05, 0) is 57.7 Å². The third-order valence-electron chi connectivity index (χ3n) is 9.98. The van der Waals surface area contributed by atoms with Gasteiger partial charge in [-0.15, -0.1) is 11.3 Å². The summed E-state index contributed by atoms with van der Waals surface area (Å²) in [5.41, 5.74) is 5.75. The van der Waals surface area contributed by atoms with Gasteiger partial charge in [-0.3, -0.25) is 4.90 Å². The van der Waals surface area contributed by atoms with Crippen LogP contribution in [0.15, 0.2) is 12.1 Å². The molecule has 1 aliphatic carbocycles. The summed E-state index contributed by atoms with van der Waals surface area (Å²) in [6.45, 7) is 5.31. The number of alkyl halides is 1. The Morgan fingerprint density at radius 1 is 1.24 bits per heavy atom. The van der Waals surface area contributed by atoms with Crippen molar-refractivity contribution in [1.82, 2.24) is 14.9 Å². The van der Waals surface area contributed by atoms with Crippen molar-refractivity contribution in [3.63, 3.8) is 0 Å². The molecule has 2 unspecified atom stereocenters. The van der Waals surface area contributed by atoms with E-state index >= 15 is 4.39 Å². The first kappa shape index (κ1) is 28.9. The topological polar surface area (TPSA) is 101 Å². The molecule has 0 spiro atoms. The quantitative estimate of drug-likeness (QED) is 0.246.